The lowest BCUT2D eigenvalue weighted by Crippen LogP contribution is -2.46. The normalized spacial score (nSPS) is 12.1. The van der Waals surface area contributed by atoms with Gasteiger partial charge in [0.2, 0.25) is 23.6 Å². The van der Waals surface area contributed by atoms with Gasteiger partial charge in [0.05, 0.1) is 12.5 Å². The maximum atomic E-state index is 11.6. The summed E-state index contributed by atoms with van der Waals surface area (Å²) in [6.07, 6.45) is 24.4. The molecule has 236 valence electrons. The average molecular weight is 580 g/mol. The van der Waals surface area contributed by atoms with E-state index in [1.165, 1.54) is 12.8 Å². The van der Waals surface area contributed by atoms with Gasteiger partial charge in [-0.05, 0) is 50.9 Å². The molecule has 0 fully saturated rings. The molecule has 0 saturated carbocycles. The molecule has 0 rings (SSSR count). The van der Waals surface area contributed by atoms with Gasteiger partial charge in [-0.15, -0.1) is 0 Å². The zero-order chi connectivity index (χ0) is 30.6. The number of carbonyl (C=O) groups is 4. The summed E-state index contributed by atoms with van der Waals surface area (Å²) in [5.41, 5.74) is 20.9. The van der Waals surface area contributed by atoms with Crippen LogP contribution in [0.5, 0.6) is 0 Å². The summed E-state index contributed by atoms with van der Waals surface area (Å²) >= 11 is 0. The molecule has 4 amide bonds. The van der Waals surface area contributed by atoms with E-state index in [9.17, 15) is 19.2 Å². The van der Waals surface area contributed by atoms with E-state index in [0.717, 1.165) is 90.1 Å². The Morgan fingerprint density at radius 3 is 1.61 bits per heavy atom. The first-order valence-electron chi connectivity index (χ1n) is 15.4. The van der Waals surface area contributed by atoms with Gasteiger partial charge in [-0.2, -0.15) is 0 Å². The first-order valence-corrected chi connectivity index (χ1v) is 15.4. The minimum Gasteiger partial charge on any atom is -0.389 e. The summed E-state index contributed by atoms with van der Waals surface area (Å²) in [4.78, 5) is 46.5. The molecule has 11 nitrogen and oxygen atoms in total. The zero-order valence-corrected chi connectivity index (χ0v) is 25.1. The van der Waals surface area contributed by atoms with E-state index < -0.39 is 17.9 Å². The number of amides is 4. The Labute approximate surface area is 247 Å². The summed E-state index contributed by atoms with van der Waals surface area (Å²) < 4.78 is 0. The predicted molar refractivity (Wildman–Crippen MR) is 165 cm³/mol. The molecule has 0 aromatic rings. The van der Waals surface area contributed by atoms with E-state index in [0.29, 0.717) is 25.9 Å². The van der Waals surface area contributed by atoms with Crippen molar-refractivity contribution >= 4 is 23.6 Å². The Morgan fingerprint density at radius 2 is 1.10 bits per heavy atom. The molecule has 0 aromatic heterocycles. The van der Waals surface area contributed by atoms with Crippen LogP contribution in [0.4, 0.5) is 0 Å². The first kappa shape index (κ1) is 37.9. The fourth-order valence-electron chi connectivity index (χ4n) is 4.34. The summed E-state index contributed by atoms with van der Waals surface area (Å²) in [6.45, 7) is 2.70. The lowest BCUT2D eigenvalue weighted by Gasteiger charge is -2.22. The lowest BCUT2D eigenvalue weighted by atomic mass is 10.1. The number of rotatable bonds is 30. The number of hydrogen-bond donors (Lipinski definition) is 6. The van der Waals surface area contributed by atoms with Gasteiger partial charge in [0, 0.05) is 39.0 Å². The van der Waals surface area contributed by atoms with Gasteiger partial charge in [0.25, 0.3) is 0 Å². The average Bonchev–Trinajstić information content (AvgIpc) is 2.90. The SMILES string of the molecule is NC(=O)CCCCCCCCC=CNCCN(C=CCCCCCCCCC(N)=O)CCNC(CC(N)=O)C(N)=O. The fourth-order valence-corrected chi connectivity index (χ4v) is 4.34. The van der Waals surface area contributed by atoms with Crippen molar-refractivity contribution in [2.45, 2.75) is 115 Å². The van der Waals surface area contributed by atoms with Crippen LogP contribution in [0, 0.1) is 0 Å². The number of hydrogen-bond acceptors (Lipinski definition) is 7. The van der Waals surface area contributed by atoms with E-state index in [1.54, 1.807) is 0 Å². The van der Waals surface area contributed by atoms with Crippen LogP contribution in [-0.2, 0) is 19.2 Å². The molecule has 0 aromatic carbocycles. The van der Waals surface area contributed by atoms with Gasteiger partial charge in [0.15, 0.2) is 0 Å². The molecule has 0 radical (unpaired) electrons. The van der Waals surface area contributed by atoms with Crippen molar-refractivity contribution < 1.29 is 19.2 Å². The Kier molecular flexibility index (Phi) is 25.1. The highest BCUT2D eigenvalue weighted by atomic mass is 16.2. The molecule has 0 aliphatic heterocycles. The summed E-state index contributed by atoms with van der Waals surface area (Å²) in [7, 11) is 0. The third-order valence-electron chi connectivity index (χ3n) is 6.72. The Hall–Kier alpha value is -3.08. The number of nitrogens with two attached hydrogens (primary N) is 4. The van der Waals surface area contributed by atoms with Crippen molar-refractivity contribution in [3.63, 3.8) is 0 Å². The maximum absolute atomic E-state index is 11.6. The molecule has 0 spiro atoms. The molecule has 41 heavy (non-hydrogen) atoms. The fraction of sp³-hybridized carbons (Fsp3) is 0.733. The highest BCUT2D eigenvalue weighted by Crippen LogP contribution is 2.10. The molecule has 1 atom stereocenters. The van der Waals surface area contributed by atoms with Crippen LogP contribution in [0.3, 0.4) is 0 Å². The van der Waals surface area contributed by atoms with E-state index in [1.807, 2.05) is 6.20 Å². The molecule has 0 heterocycles. The zero-order valence-electron chi connectivity index (χ0n) is 25.1. The van der Waals surface area contributed by atoms with Crippen LogP contribution >= 0.6 is 0 Å². The monoisotopic (exact) mass is 579 g/mol. The van der Waals surface area contributed by atoms with Gasteiger partial charge < -0.3 is 38.5 Å². The second kappa shape index (κ2) is 27.1. The Bertz CT molecular complexity index is 774. The lowest BCUT2D eigenvalue weighted by molar-refractivity contribution is -0.125. The smallest absolute Gasteiger partial charge is 0.235 e. The molecule has 11 heteroatoms. The van der Waals surface area contributed by atoms with Crippen molar-refractivity contribution in [3.8, 4) is 0 Å². The number of unbranched alkanes of at least 4 members (excludes halogenated alkanes) is 12. The number of nitrogens with one attached hydrogen (secondary N) is 2. The van der Waals surface area contributed by atoms with Crippen molar-refractivity contribution in [3.05, 3.63) is 24.6 Å². The van der Waals surface area contributed by atoms with Crippen molar-refractivity contribution in [1.82, 2.24) is 15.5 Å². The number of allylic oxidation sites excluding steroid dienone is 2. The second-order valence-corrected chi connectivity index (χ2v) is 10.6. The largest absolute Gasteiger partial charge is 0.389 e. The molecule has 0 saturated heterocycles. The summed E-state index contributed by atoms with van der Waals surface area (Å²) in [5.74, 6) is -1.60. The predicted octanol–water partition coefficient (Wildman–Crippen LogP) is 2.44. The molecule has 0 bridgehead atoms. The van der Waals surface area contributed by atoms with E-state index in [-0.39, 0.29) is 18.2 Å². The number of nitrogens with zero attached hydrogens (tertiary/aromatic N) is 1. The van der Waals surface area contributed by atoms with Gasteiger partial charge in [-0.1, -0.05) is 63.5 Å². The topological polar surface area (TPSA) is 200 Å². The third kappa shape index (κ3) is 28.3. The van der Waals surface area contributed by atoms with E-state index in [2.05, 4.69) is 33.9 Å². The van der Waals surface area contributed by atoms with Crippen LogP contribution in [-0.4, -0.2) is 60.7 Å². The van der Waals surface area contributed by atoms with Crippen LogP contribution in [0.25, 0.3) is 0 Å². The molecular formula is C30H57N7O4. The van der Waals surface area contributed by atoms with Crippen molar-refractivity contribution in [1.29, 1.82) is 0 Å². The molecule has 1 unspecified atom stereocenters. The Balaban J connectivity index is 4.30. The second-order valence-electron chi connectivity index (χ2n) is 10.6. The summed E-state index contributed by atoms with van der Waals surface area (Å²) in [5, 5.41) is 6.39. The minimum absolute atomic E-state index is 0.116. The van der Waals surface area contributed by atoms with Gasteiger partial charge in [-0.25, -0.2) is 0 Å². The maximum Gasteiger partial charge on any atom is 0.235 e. The van der Waals surface area contributed by atoms with Gasteiger partial charge >= 0.3 is 0 Å². The van der Waals surface area contributed by atoms with Crippen LogP contribution in [0.2, 0.25) is 0 Å². The highest BCUT2D eigenvalue weighted by molar-refractivity contribution is 5.86. The van der Waals surface area contributed by atoms with E-state index >= 15 is 0 Å². The number of primary amides is 4. The van der Waals surface area contributed by atoms with Crippen LogP contribution < -0.4 is 33.6 Å². The van der Waals surface area contributed by atoms with Gasteiger partial charge in [-0.3, -0.25) is 19.2 Å². The first-order chi connectivity index (χ1) is 19.7. The van der Waals surface area contributed by atoms with E-state index in [4.69, 9.17) is 22.9 Å². The van der Waals surface area contributed by atoms with Crippen LogP contribution in [0.1, 0.15) is 109 Å². The summed E-state index contributed by atoms with van der Waals surface area (Å²) in [6, 6.07) is -0.766. The quantitative estimate of drug-likeness (QED) is 0.0701. The Morgan fingerprint density at radius 1 is 0.610 bits per heavy atom. The molecule has 0 aliphatic carbocycles. The highest BCUT2D eigenvalue weighted by Gasteiger charge is 2.17. The standard InChI is InChI=1S/C30H57N7O4/c31-27(38)17-13-9-5-1-3-7-11-15-19-35-20-23-37(24-21-36-26(30(34)41)25-29(33)40)22-16-12-8-4-2-6-10-14-18-28(32)39/h15-16,19,22,26,35-36H,1-14,17-18,20-21,23-25H2,(H2,31,38)(H2,32,39)(H2,33,40)(H2,34,41). The van der Waals surface area contributed by atoms with Crippen molar-refractivity contribution in [2.75, 3.05) is 26.2 Å². The van der Waals surface area contributed by atoms with Gasteiger partial charge in [0.1, 0.15) is 0 Å². The third-order valence-corrected chi connectivity index (χ3v) is 6.72. The molecule has 10 N–H and O–H groups in total. The molecular weight excluding hydrogens is 522 g/mol. The molecule has 0 aliphatic rings. The minimum atomic E-state index is -0.766. The van der Waals surface area contributed by atoms with Crippen molar-refractivity contribution in [2.24, 2.45) is 22.9 Å². The van der Waals surface area contributed by atoms with Crippen LogP contribution in [0.15, 0.2) is 24.6 Å². The number of carbonyl (C=O) groups excluding carboxylic acids is 4.